The van der Waals surface area contributed by atoms with Crippen LogP contribution in [-0.2, 0) is 12.4 Å². The molecule has 106 valence electrons. The molecule has 0 amide bonds. The van der Waals surface area contributed by atoms with E-state index in [9.17, 15) is 10.1 Å². The van der Waals surface area contributed by atoms with Crippen LogP contribution in [0.4, 0.5) is 5.69 Å². The van der Waals surface area contributed by atoms with Crippen LogP contribution in [0, 0.1) is 24.0 Å². The molecular weight excluding hydrogens is 326 g/mol. The van der Waals surface area contributed by atoms with Crippen molar-refractivity contribution >= 4 is 21.6 Å². The largest absolute Gasteiger partial charge is 0.432 e. The normalized spacial score (nSPS) is 10.6. The minimum atomic E-state index is -0.429. The molecule has 0 spiro atoms. The lowest BCUT2D eigenvalue weighted by Crippen LogP contribution is -2.00. The summed E-state index contributed by atoms with van der Waals surface area (Å²) < 4.78 is 7.34. The maximum Gasteiger partial charge on any atom is 0.314 e. The number of alkyl halides is 1. The van der Waals surface area contributed by atoms with Crippen molar-refractivity contribution in [3.8, 4) is 11.6 Å². The molecule has 0 N–H and O–H groups in total. The zero-order valence-electron chi connectivity index (χ0n) is 11.4. The van der Waals surface area contributed by atoms with E-state index in [-0.39, 0.29) is 11.4 Å². The van der Waals surface area contributed by atoms with Gasteiger partial charge >= 0.3 is 5.69 Å². The highest BCUT2D eigenvalue weighted by atomic mass is 79.9. The number of nitrogens with zero attached hydrogens (tertiary/aromatic N) is 3. The van der Waals surface area contributed by atoms with Crippen molar-refractivity contribution in [1.29, 1.82) is 0 Å². The number of aromatic nitrogens is 2. The van der Waals surface area contributed by atoms with Crippen LogP contribution in [0.2, 0.25) is 0 Å². The quantitative estimate of drug-likeness (QED) is 0.484. The standard InChI is InChI=1S/C13H14BrN3O3/c1-8-5-4-6-11(12(8)17(18)19)20-13-10(7-14)9(2)15-16(13)3/h4-6H,7H2,1-3H3. The predicted molar refractivity (Wildman–Crippen MR) is 78.5 cm³/mol. The van der Waals surface area contributed by atoms with E-state index in [0.29, 0.717) is 16.8 Å². The molecule has 1 heterocycles. The number of halogens is 1. The second-order valence-electron chi connectivity index (χ2n) is 4.41. The molecule has 0 aliphatic heterocycles. The summed E-state index contributed by atoms with van der Waals surface area (Å²) in [5.74, 6) is 0.730. The van der Waals surface area contributed by atoms with E-state index in [1.807, 2.05) is 6.92 Å². The zero-order valence-corrected chi connectivity index (χ0v) is 13.0. The van der Waals surface area contributed by atoms with Gasteiger partial charge < -0.3 is 4.74 Å². The first-order chi connectivity index (χ1) is 9.45. The maximum absolute atomic E-state index is 11.2. The Bertz CT molecular complexity index is 667. The second kappa shape index (κ2) is 5.62. The topological polar surface area (TPSA) is 70.2 Å². The van der Waals surface area contributed by atoms with Crippen LogP contribution in [0.1, 0.15) is 16.8 Å². The Hall–Kier alpha value is -1.89. The summed E-state index contributed by atoms with van der Waals surface area (Å²) in [6.45, 7) is 3.55. The minimum Gasteiger partial charge on any atom is -0.432 e. The highest BCUT2D eigenvalue weighted by molar-refractivity contribution is 9.08. The van der Waals surface area contributed by atoms with Gasteiger partial charge in [-0.05, 0) is 19.9 Å². The molecule has 2 aromatic rings. The number of nitro groups is 1. The van der Waals surface area contributed by atoms with Gasteiger partial charge in [0.1, 0.15) is 0 Å². The molecule has 0 aliphatic carbocycles. The third-order valence-corrected chi connectivity index (χ3v) is 3.57. The smallest absolute Gasteiger partial charge is 0.314 e. The van der Waals surface area contributed by atoms with Crippen molar-refractivity contribution in [3.05, 3.63) is 45.1 Å². The Morgan fingerprint density at radius 1 is 1.45 bits per heavy atom. The molecule has 0 saturated heterocycles. The van der Waals surface area contributed by atoms with Crippen molar-refractivity contribution in [2.75, 3.05) is 0 Å². The summed E-state index contributed by atoms with van der Waals surface area (Å²) in [5.41, 5.74) is 2.25. The minimum absolute atomic E-state index is 0.0214. The first-order valence-electron chi connectivity index (χ1n) is 5.96. The molecule has 0 radical (unpaired) electrons. The summed E-state index contributed by atoms with van der Waals surface area (Å²) >= 11 is 3.38. The second-order valence-corrected chi connectivity index (χ2v) is 4.97. The number of hydrogen-bond donors (Lipinski definition) is 0. The Labute approximate surface area is 124 Å². The predicted octanol–water partition coefficient (Wildman–Crippen LogP) is 3.63. The molecule has 6 nitrogen and oxygen atoms in total. The molecule has 0 atom stereocenters. The molecular formula is C13H14BrN3O3. The summed E-state index contributed by atoms with van der Waals surface area (Å²) in [7, 11) is 1.75. The van der Waals surface area contributed by atoms with Crippen LogP contribution in [0.15, 0.2) is 18.2 Å². The molecule has 1 aromatic heterocycles. The molecule has 2 rings (SSSR count). The van der Waals surface area contributed by atoms with Gasteiger partial charge in [0, 0.05) is 23.5 Å². The number of aryl methyl sites for hydroxylation is 3. The van der Waals surface area contributed by atoms with Crippen molar-refractivity contribution in [3.63, 3.8) is 0 Å². The van der Waals surface area contributed by atoms with E-state index in [1.54, 1.807) is 36.9 Å². The Balaban J connectivity index is 2.51. The monoisotopic (exact) mass is 339 g/mol. The number of benzene rings is 1. The van der Waals surface area contributed by atoms with Gasteiger partial charge in [-0.25, -0.2) is 4.68 Å². The Morgan fingerprint density at radius 2 is 2.15 bits per heavy atom. The van der Waals surface area contributed by atoms with Crippen molar-refractivity contribution in [2.24, 2.45) is 7.05 Å². The third kappa shape index (κ3) is 2.53. The summed E-state index contributed by atoms with van der Waals surface area (Å²) in [6, 6.07) is 5.01. The number of ether oxygens (including phenoxy) is 1. The molecule has 7 heteroatoms. The summed E-state index contributed by atoms with van der Waals surface area (Å²) in [6.07, 6.45) is 0. The first-order valence-corrected chi connectivity index (χ1v) is 7.08. The number of nitro benzene ring substituents is 1. The SMILES string of the molecule is Cc1cccc(Oc2c(CBr)c(C)nn2C)c1[N+](=O)[O-]. The van der Waals surface area contributed by atoms with Crippen LogP contribution in [-0.4, -0.2) is 14.7 Å². The lowest BCUT2D eigenvalue weighted by molar-refractivity contribution is -0.386. The molecule has 0 bridgehead atoms. The van der Waals surface area contributed by atoms with Crippen LogP contribution in [0.25, 0.3) is 0 Å². The molecule has 0 aliphatic rings. The van der Waals surface area contributed by atoms with Crippen molar-refractivity contribution in [2.45, 2.75) is 19.2 Å². The summed E-state index contributed by atoms with van der Waals surface area (Å²) in [5, 5.41) is 16.0. The van der Waals surface area contributed by atoms with Crippen LogP contribution < -0.4 is 4.74 Å². The molecule has 0 fully saturated rings. The van der Waals surface area contributed by atoms with E-state index < -0.39 is 4.92 Å². The number of rotatable bonds is 4. The Morgan fingerprint density at radius 3 is 2.75 bits per heavy atom. The van der Waals surface area contributed by atoms with E-state index >= 15 is 0 Å². The molecule has 0 unspecified atom stereocenters. The van der Waals surface area contributed by atoms with E-state index in [2.05, 4.69) is 21.0 Å². The maximum atomic E-state index is 11.2. The van der Waals surface area contributed by atoms with Crippen LogP contribution in [0.5, 0.6) is 11.6 Å². The van der Waals surface area contributed by atoms with Gasteiger partial charge in [0.25, 0.3) is 0 Å². The van der Waals surface area contributed by atoms with Gasteiger partial charge in [-0.1, -0.05) is 28.1 Å². The van der Waals surface area contributed by atoms with Crippen LogP contribution in [0.3, 0.4) is 0 Å². The number of hydrogen-bond acceptors (Lipinski definition) is 4. The van der Waals surface area contributed by atoms with Gasteiger partial charge in [-0.2, -0.15) is 5.10 Å². The lowest BCUT2D eigenvalue weighted by Gasteiger charge is -2.09. The first kappa shape index (κ1) is 14.5. The van der Waals surface area contributed by atoms with E-state index in [4.69, 9.17) is 4.74 Å². The van der Waals surface area contributed by atoms with E-state index in [0.717, 1.165) is 11.3 Å². The van der Waals surface area contributed by atoms with Gasteiger partial charge in [0.2, 0.25) is 11.6 Å². The van der Waals surface area contributed by atoms with Crippen LogP contribution >= 0.6 is 15.9 Å². The third-order valence-electron chi connectivity index (χ3n) is 3.01. The van der Waals surface area contributed by atoms with Gasteiger partial charge in [-0.3, -0.25) is 10.1 Å². The fraction of sp³-hybridized carbons (Fsp3) is 0.308. The lowest BCUT2D eigenvalue weighted by atomic mass is 10.2. The summed E-state index contributed by atoms with van der Waals surface area (Å²) in [4.78, 5) is 10.7. The highest BCUT2D eigenvalue weighted by Crippen LogP contribution is 2.36. The Kier molecular flexibility index (Phi) is 4.08. The zero-order chi connectivity index (χ0) is 14.9. The molecule has 0 saturated carbocycles. The molecule has 1 aromatic carbocycles. The average Bonchev–Trinajstić information content (AvgIpc) is 2.63. The van der Waals surface area contributed by atoms with Crippen molar-refractivity contribution in [1.82, 2.24) is 9.78 Å². The average molecular weight is 340 g/mol. The van der Waals surface area contributed by atoms with Gasteiger partial charge in [0.15, 0.2) is 0 Å². The highest BCUT2D eigenvalue weighted by Gasteiger charge is 2.22. The fourth-order valence-electron chi connectivity index (χ4n) is 2.01. The fourth-order valence-corrected chi connectivity index (χ4v) is 2.66. The van der Waals surface area contributed by atoms with Gasteiger partial charge in [-0.15, -0.1) is 0 Å². The number of para-hydroxylation sites is 1. The molecule has 20 heavy (non-hydrogen) atoms. The van der Waals surface area contributed by atoms with Crippen molar-refractivity contribution < 1.29 is 9.66 Å². The van der Waals surface area contributed by atoms with E-state index in [1.165, 1.54) is 0 Å². The van der Waals surface area contributed by atoms with Gasteiger partial charge in [0.05, 0.1) is 10.6 Å².